The second-order valence-corrected chi connectivity index (χ2v) is 5.58. The van der Waals surface area contributed by atoms with Crippen molar-refractivity contribution < 1.29 is 4.74 Å². The van der Waals surface area contributed by atoms with Gasteiger partial charge < -0.3 is 20.7 Å². The molecule has 106 valence electrons. The third-order valence-corrected chi connectivity index (χ3v) is 3.61. The molecule has 0 saturated carbocycles. The second kappa shape index (κ2) is 8.47. The zero-order valence-electron chi connectivity index (χ0n) is 11.3. The zero-order valence-corrected chi connectivity index (χ0v) is 13.7. The van der Waals surface area contributed by atoms with Crippen molar-refractivity contribution in [3.8, 4) is 0 Å². The topological polar surface area (TPSA) is 50.5 Å². The van der Waals surface area contributed by atoms with E-state index >= 15 is 0 Å². The highest BCUT2D eigenvalue weighted by atomic mass is 79.9. The van der Waals surface area contributed by atoms with Gasteiger partial charge in [0.15, 0.2) is 0 Å². The van der Waals surface area contributed by atoms with E-state index in [-0.39, 0.29) is 0 Å². The van der Waals surface area contributed by atoms with E-state index in [0.717, 1.165) is 42.0 Å². The molecular weight excluding hydrogens is 326 g/mol. The van der Waals surface area contributed by atoms with E-state index in [2.05, 4.69) is 33.2 Å². The van der Waals surface area contributed by atoms with Crippen molar-refractivity contribution in [3.63, 3.8) is 0 Å². The van der Waals surface area contributed by atoms with Gasteiger partial charge in [0.25, 0.3) is 0 Å². The van der Waals surface area contributed by atoms with Gasteiger partial charge in [0.05, 0.1) is 6.61 Å². The molecule has 0 radical (unpaired) electrons. The average molecular weight is 346 g/mol. The van der Waals surface area contributed by atoms with Crippen molar-refractivity contribution in [3.05, 3.63) is 28.2 Å². The van der Waals surface area contributed by atoms with Gasteiger partial charge in [0.2, 0.25) is 0 Å². The molecule has 0 aliphatic rings. The number of thiocarbonyl (C=S) groups is 1. The highest BCUT2D eigenvalue weighted by molar-refractivity contribution is 9.10. The Hall–Kier alpha value is -0.690. The molecule has 0 atom stereocenters. The number of hydrogen-bond acceptors (Lipinski definition) is 4. The van der Waals surface area contributed by atoms with Gasteiger partial charge in [-0.2, -0.15) is 0 Å². The molecule has 0 aliphatic carbocycles. The fourth-order valence-corrected chi connectivity index (χ4v) is 2.48. The van der Waals surface area contributed by atoms with E-state index in [4.69, 9.17) is 22.7 Å². The number of hydrogen-bond donors (Lipinski definition) is 2. The monoisotopic (exact) mass is 345 g/mol. The van der Waals surface area contributed by atoms with Crippen LogP contribution in [0.5, 0.6) is 0 Å². The molecule has 0 heterocycles. The zero-order chi connectivity index (χ0) is 14.3. The van der Waals surface area contributed by atoms with Crippen LogP contribution in [0.2, 0.25) is 0 Å². The SMILES string of the molecule is COCCN(C)CCNc1ccc(C(N)=S)c(Br)c1. The highest BCUT2D eigenvalue weighted by Crippen LogP contribution is 2.21. The van der Waals surface area contributed by atoms with Gasteiger partial charge in [-0.05, 0) is 41.2 Å². The summed E-state index contributed by atoms with van der Waals surface area (Å²) in [6, 6.07) is 5.89. The Balaban J connectivity index is 2.42. The smallest absolute Gasteiger partial charge is 0.105 e. The molecule has 0 amide bonds. The summed E-state index contributed by atoms with van der Waals surface area (Å²) in [7, 11) is 3.79. The van der Waals surface area contributed by atoms with Crippen LogP contribution in [0.3, 0.4) is 0 Å². The van der Waals surface area contributed by atoms with Crippen LogP contribution >= 0.6 is 28.1 Å². The number of ether oxygens (including phenoxy) is 1. The van der Waals surface area contributed by atoms with Crippen molar-refractivity contribution in [2.24, 2.45) is 5.73 Å². The number of methoxy groups -OCH3 is 1. The molecule has 19 heavy (non-hydrogen) atoms. The third kappa shape index (κ3) is 5.86. The molecule has 0 aromatic heterocycles. The second-order valence-electron chi connectivity index (χ2n) is 4.28. The molecule has 0 saturated heterocycles. The molecule has 3 N–H and O–H groups in total. The summed E-state index contributed by atoms with van der Waals surface area (Å²) >= 11 is 8.43. The molecule has 0 fully saturated rings. The Morgan fingerprint density at radius 1 is 1.47 bits per heavy atom. The van der Waals surface area contributed by atoms with Crippen LogP contribution in [0.4, 0.5) is 5.69 Å². The Bertz CT molecular complexity index is 428. The molecule has 1 aromatic rings. The minimum Gasteiger partial charge on any atom is -0.389 e. The number of nitrogens with zero attached hydrogens (tertiary/aromatic N) is 1. The lowest BCUT2D eigenvalue weighted by Crippen LogP contribution is -2.28. The summed E-state index contributed by atoms with van der Waals surface area (Å²) in [6.07, 6.45) is 0. The van der Waals surface area contributed by atoms with Gasteiger partial charge in [0, 0.05) is 42.5 Å². The minimum absolute atomic E-state index is 0.401. The van der Waals surface area contributed by atoms with E-state index in [1.807, 2.05) is 18.2 Å². The molecule has 0 spiro atoms. The van der Waals surface area contributed by atoms with E-state index in [0.29, 0.717) is 4.99 Å². The Morgan fingerprint density at radius 3 is 2.79 bits per heavy atom. The van der Waals surface area contributed by atoms with Crippen molar-refractivity contribution in [2.75, 3.05) is 45.7 Å². The number of nitrogens with two attached hydrogens (primary N) is 1. The highest BCUT2D eigenvalue weighted by Gasteiger charge is 2.04. The van der Waals surface area contributed by atoms with Crippen LogP contribution in [0, 0.1) is 0 Å². The summed E-state index contributed by atoms with van der Waals surface area (Å²) < 4.78 is 5.95. The fraction of sp³-hybridized carbons (Fsp3) is 0.462. The lowest BCUT2D eigenvalue weighted by Gasteiger charge is -2.17. The Kier molecular flexibility index (Phi) is 7.30. The molecule has 0 unspecified atom stereocenters. The van der Waals surface area contributed by atoms with Crippen molar-refractivity contribution in [1.29, 1.82) is 0 Å². The van der Waals surface area contributed by atoms with Crippen molar-refractivity contribution in [1.82, 2.24) is 4.90 Å². The lowest BCUT2D eigenvalue weighted by atomic mass is 10.2. The predicted octanol–water partition coefficient (Wildman–Crippen LogP) is 2.07. The lowest BCUT2D eigenvalue weighted by molar-refractivity contribution is 0.163. The molecule has 0 bridgehead atoms. The predicted molar refractivity (Wildman–Crippen MR) is 87.9 cm³/mol. The number of benzene rings is 1. The van der Waals surface area contributed by atoms with Crippen molar-refractivity contribution >= 4 is 38.8 Å². The quantitative estimate of drug-likeness (QED) is 0.706. The summed E-state index contributed by atoms with van der Waals surface area (Å²) in [4.78, 5) is 2.62. The molecule has 1 rings (SSSR count). The fourth-order valence-electron chi connectivity index (χ4n) is 1.57. The van der Waals surface area contributed by atoms with Gasteiger partial charge in [-0.25, -0.2) is 0 Å². The molecular formula is C13H20BrN3OS. The summed E-state index contributed by atoms with van der Waals surface area (Å²) in [5, 5.41) is 3.36. The summed E-state index contributed by atoms with van der Waals surface area (Å²) in [6.45, 7) is 3.52. The number of halogens is 1. The first-order valence-electron chi connectivity index (χ1n) is 6.05. The van der Waals surface area contributed by atoms with E-state index in [1.54, 1.807) is 7.11 Å². The normalized spacial score (nSPS) is 10.7. The molecule has 6 heteroatoms. The van der Waals surface area contributed by atoms with Crippen LogP contribution in [-0.4, -0.2) is 50.3 Å². The van der Waals surface area contributed by atoms with Gasteiger partial charge in [-0.1, -0.05) is 12.2 Å². The largest absolute Gasteiger partial charge is 0.389 e. The standard InChI is InChI=1S/C13H20BrN3OS/c1-17(7-8-18-2)6-5-16-10-3-4-11(13(15)19)12(14)9-10/h3-4,9,16H,5-8H2,1-2H3,(H2,15,19). The number of nitrogens with one attached hydrogen (secondary N) is 1. The molecule has 1 aromatic carbocycles. The maximum atomic E-state index is 5.61. The van der Waals surface area contributed by atoms with E-state index in [9.17, 15) is 0 Å². The number of rotatable bonds is 8. The molecule has 4 nitrogen and oxygen atoms in total. The first kappa shape index (κ1) is 16.4. The number of anilines is 1. The van der Waals surface area contributed by atoms with Crippen LogP contribution in [0.15, 0.2) is 22.7 Å². The average Bonchev–Trinajstić information content (AvgIpc) is 2.36. The Labute approximate surface area is 128 Å². The summed E-state index contributed by atoms with van der Waals surface area (Å²) in [5.41, 5.74) is 7.52. The Morgan fingerprint density at radius 2 is 2.21 bits per heavy atom. The third-order valence-electron chi connectivity index (χ3n) is 2.73. The maximum Gasteiger partial charge on any atom is 0.105 e. The van der Waals surface area contributed by atoms with E-state index in [1.165, 1.54) is 0 Å². The maximum absolute atomic E-state index is 5.61. The number of likely N-dealkylation sites (N-methyl/N-ethyl adjacent to an activating group) is 1. The van der Waals surface area contributed by atoms with Crippen LogP contribution < -0.4 is 11.1 Å². The first-order chi connectivity index (χ1) is 9.04. The van der Waals surface area contributed by atoms with Crippen LogP contribution in [-0.2, 0) is 4.74 Å². The van der Waals surface area contributed by atoms with Gasteiger partial charge >= 0.3 is 0 Å². The van der Waals surface area contributed by atoms with Gasteiger partial charge in [-0.3, -0.25) is 0 Å². The van der Waals surface area contributed by atoms with E-state index < -0.39 is 0 Å². The summed E-state index contributed by atoms with van der Waals surface area (Å²) in [5.74, 6) is 0. The first-order valence-corrected chi connectivity index (χ1v) is 7.25. The molecule has 0 aliphatic heterocycles. The van der Waals surface area contributed by atoms with Crippen LogP contribution in [0.1, 0.15) is 5.56 Å². The van der Waals surface area contributed by atoms with Gasteiger partial charge in [0.1, 0.15) is 4.99 Å². The minimum atomic E-state index is 0.401. The van der Waals surface area contributed by atoms with Gasteiger partial charge in [-0.15, -0.1) is 0 Å². The van der Waals surface area contributed by atoms with Crippen LogP contribution in [0.25, 0.3) is 0 Å². The van der Waals surface area contributed by atoms with Crippen molar-refractivity contribution in [2.45, 2.75) is 0 Å².